The smallest absolute Gasteiger partial charge is 0.258 e. The molecule has 4 nitrogen and oxygen atoms in total. The van der Waals surface area contributed by atoms with E-state index in [1.54, 1.807) is 0 Å². The molecule has 0 aliphatic rings. The second-order valence-electron chi connectivity index (χ2n) is 5.57. The fraction of sp³-hybridized carbons (Fsp3) is 0.588. The van der Waals surface area contributed by atoms with Crippen molar-refractivity contribution in [1.82, 2.24) is 5.32 Å². The van der Waals surface area contributed by atoms with Crippen LogP contribution in [0.5, 0.6) is 5.75 Å². The maximum absolute atomic E-state index is 11.8. The van der Waals surface area contributed by atoms with Gasteiger partial charge in [-0.15, -0.1) is 0 Å². The van der Waals surface area contributed by atoms with E-state index < -0.39 is 0 Å². The second kappa shape index (κ2) is 9.40. The van der Waals surface area contributed by atoms with Gasteiger partial charge in [0.1, 0.15) is 5.75 Å². The van der Waals surface area contributed by atoms with Gasteiger partial charge < -0.3 is 15.8 Å². The summed E-state index contributed by atoms with van der Waals surface area (Å²) in [5, 5.41) is 2.92. The van der Waals surface area contributed by atoms with Crippen molar-refractivity contribution in [2.24, 2.45) is 5.73 Å². The summed E-state index contributed by atoms with van der Waals surface area (Å²) in [6, 6.07) is 8.15. The Bertz CT molecular complexity index is 435. The average molecular weight is 292 g/mol. The molecule has 0 saturated carbocycles. The standard InChI is InChI=1S/C17H28N2O2/c1-4-7-13(3)19-17(20)12-21-16-9-6-8-14(11-16)10-15(18)5-2/h6,8-9,11,13,15H,4-5,7,10,12,18H2,1-3H3,(H,19,20). The maximum Gasteiger partial charge on any atom is 0.258 e. The van der Waals surface area contributed by atoms with Crippen LogP contribution in [0.3, 0.4) is 0 Å². The van der Waals surface area contributed by atoms with Gasteiger partial charge in [-0.3, -0.25) is 4.79 Å². The van der Waals surface area contributed by atoms with Gasteiger partial charge in [-0.1, -0.05) is 32.4 Å². The summed E-state index contributed by atoms with van der Waals surface area (Å²) in [6.45, 7) is 6.24. The Kier molecular flexibility index (Phi) is 7.83. The van der Waals surface area contributed by atoms with Crippen molar-refractivity contribution < 1.29 is 9.53 Å². The van der Waals surface area contributed by atoms with Crippen molar-refractivity contribution >= 4 is 5.91 Å². The Morgan fingerprint density at radius 3 is 2.81 bits per heavy atom. The van der Waals surface area contributed by atoms with Crippen molar-refractivity contribution in [3.8, 4) is 5.75 Å². The fourth-order valence-electron chi connectivity index (χ4n) is 2.18. The zero-order valence-corrected chi connectivity index (χ0v) is 13.4. The number of rotatable bonds is 9. The number of benzene rings is 1. The number of amides is 1. The van der Waals surface area contributed by atoms with E-state index in [0.717, 1.165) is 31.2 Å². The maximum atomic E-state index is 11.8. The molecule has 0 bridgehead atoms. The SMILES string of the molecule is CCCC(C)NC(=O)COc1cccc(CC(N)CC)c1. The number of carbonyl (C=O) groups is 1. The third-order valence-electron chi connectivity index (χ3n) is 3.42. The van der Waals surface area contributed by atoms with Crippen molar-refractivity contribution in [2.45, 2.75) is 58.5 Å². The molecule has 1 rings (SSSR count). The number of nitrogens with one attached hydrogen (secondary N) is 1. The quantitative estimate of drug-likeness (QED) is 0.735. The number of nitrogens with two attached hydrogens (primary N) is 1. The van der Waals surface area contributed by atoms with E-state index in [4.69, 9.17) is 10.5 Å². The molecular weight excluding hydrogens is 264 g/mol. The van der Waals surface area contributed by atoms with Gasteiger partial charge >= 0.3 is 0 Å². The van der Waals surface area contributed by atoms with Crippen LogP contribution in [-0.4, -0.2) is 24.6 Å². The van der Waals surface area contributed by atoms with Crippen LogP contribution in [-0.2, 0) is 11.2 Å². The monoisotopic (exact) mass is 292 g/mol. The Morgan fingerprint density at radius 1 is 1.38 bits per heavy atom. The lowest BCUT2D eigenvalue weighted by Gasteiger charge is -2.14. The van der Waals surface area contributed by atoms with E-state index in [0.29, 0.717) is 5.75 Å². The highest BCUT2D eigenvalue weighted by molar-refractivity contribution is 5.77. The molecule has 0 aliphatic heterocycles. The van der Waals surface area contributed by atoms with Crippen LogP contribution in [0.15, 0.2) is 24.3 Å². The minimum Gasteiger partial charge on any atom is -0.484 e. The Hall–Kier alpha value is -1.55. The average Bonchev–Trinajstić information content (AvgIpc) is 2.45. The minimum absolute atomic E-state index is 0.0529. The van der Waals surface area contributed by atoms with E-state index in [1.807, 2.05) is 31.2 Å². The summed E-state index contributed by atoms with van der Waals surface area (Å²) in [7, 11) is 0. The van der Waals surface area contributed by atoms with Gasteiger partial charge in [0.2, 0.25) is 0 Å². The third-order valence-corrected chi connectivity index (χ3v) is 3.42. The van der Waals surface area contributed by atoms with E-state index in [-0.39, 0.29) is 24.6 Å². The normalized spacial score (nSPS) is 13.5. The lowest BCUT2D eigenvalue weighted by molar-refractivity contribution is -0.123. The number of ether oxygens (including phenoxy) is 1. The predicted octanol–water partition coefficient (Wildman–Crippen LogP) is 2.65. The molecule has 0 aliphatic carbocycles. The molecule has 0 aromatic heterocycles. The van der Waals surface area contributed by atoms with Crippen LogP contribution in [0.4, 0.5) is 0 Å². The minimum atomic E-state index is -0.0772. The first-order chi connectivity index (χ1) is 10.0. The molecule has 0 spiro atoms. The highest BCUT2D eigenvalue weighted by Gasteiger charge is 2.08. The van der Waals surface area contributed by atoms with E-state index in [2.05, 4.69) is 19.2 Å². The molecule has 1 aromatic rings. The number of carbonyl (C=O) groups excluding carboxylic acids is 1. The molecule has 2 atom stereocenters. The van der Waals surface area contributed by atoms with E-state index in [1.165, 1.54) is 0 Å². The van der Waals surface area contributed by atoms with Gasteiger partial charge in [-0.2, -0.15) is 0 Å². The van der Waals surface area contributed by atoms with Gasteiger partial charge in [0.05, 0.1) is 0 Å². The lowest BCUT2D eigenvalue weighted by atomic mass is 10.0. The topological polar surface area (TPSA) is 64.3 Å². The van der Waals surface area contributed by atoms with Crippen molar-refractivity contribution in [1.29, 1.82) is 0 Å². The molecule has 1 aromatic carbocycles. The van der Waals surface area contributed by atoms with Gasteiger partial charge in [0.15, 0.2) is 6.61 Å². The molecule has 0 heterocycles. The van der Waals surface area contributed by atoms with Crippen LogP contribution >= 0.6 is 0 Å². The first-order valence-corrected chi connectivity index (χ1v) is 7.81. The zero-order chi connectivity index (χ0) is 15.7. The fourth-order valence-corrected chi connectivity index (χ4v) is 2.18. The molecule has 2 unspecified atom stereocenters. The third kappa shape index (κ3) is 7.14. The highest BCUT2D eigenvalue weighted by Crippen LogP contribution is 2.15. The molecule has 21 heavy (non-hydrogen) atoms. The zero-order valence-electron chi connectivity index (χ0n) is 13.4. The van der Waals surface area contributed by atoms with Crippen LogP contribution in [0, 0.1) is 0 Å². The molecule has 3 N–H and O–H groups in total. The summed E-state index contributed by atoms with van der Waals surface area (Å²) in [5.41, 5.74) is 7.10. The van der Waals surface area contributed by atoms with Gasteiger partial charge in [0.25, 0.3) is 5.91 Å². The summed E-state index contributed by atoms with van der Waals surface area (Å²) >= 11 is 0. The Balaban J connectivity index is 2.44. The lowest BCUT2D eigenvalue weighted by Crippen LogP contribution is -2.35. The van der Waals surface area contributed by atoms with E-state index >= 15 is 0 Å². The predicted molar refractivity (Wildman–Crippen MR) is 86.4 cm³/mol. The highest BCUT2D eigenvalue weighted by atomic mass is 16.5. The van der Waals surface area contributed by atoms with Gasteiger partial charge in [-0.05, 0) is 43.9 Å². The molecule has 0 radical (unpaired) electrons. The van der Waals surface area contributed by atoms with Crippen molar-refractivity contribution in [2.75, 3.05) is 6.61 Å². The van der Waals surface area contributed by atoms with Crippen LogP contribution in [0.2, 0.25) is 0 Å². The van der Waals surface area contributed by atoms with Gasteiger partial charge in [0, 0.05) is 12.1 Å². The first-order valence-electron chi connectivity index (χ1n) is 7.81. The molecule has 1 amide bonds. The summed E-state index contributed by atoms with van der Waals surface area (Å²) in [5.74, 6) is 0.640. The van der Waals surface area contributed by atoms with Gasteiger partial charge in [-0.25, -0.2) is 0 Å². The molecule has 0 fully saturated rings. The van der Waals surface area contributed by atoms with Crippen LogP contribution in [0.25, 0.3) is 0 Å². The molecular formula is C17H28N2O2. The summed E-state index contributed by atoms with van der Waals surface area (Å²) < 4.78 is 5.55. The van der Waals surface area contributed by atoms with Crippen LogP contribution < -0.4 is 15.8 Å². The van der Waals surface area contributed by atoms with Crippen molar-refractivity contribution in [3.05, 3.63) is 29.8 Å². The Morgan fingerprint density at radius 2 is 2.14 bits per heavy atom. The van der Waals surface area contributed by atoms with Crippen LogP contribution in [0.1, 0.15) is 45.6 Å². The summed E-state index contributed by atoms with van der Waals surface area (Å²) in [4.78, 5) is 11.8. The summed E-state index contributed by atoms with van der Waals surface area (Å²) in [6.07, 6.45) is 3.81. The molecule has 0 saturated heterocycles. The molecule has 118 valence electrons. The number of hydrogen-bond donors (Lipinski definition) is 2. The molecule has 4 heteroatoms. The van der Waals surface area contributed by atoms with Crippen molar-refractivity contribution in [3.63, 3.8) is 0 Å². The first kappa shape index (κ1) is 17.5. The largest absolute Gasteiger partial charge is 0.484 e. The van der Waals surface area contributed by atoms with E-state index in [9.17, 15) is 4.79 Å². The Labute approximate surface area is 128 Å². The second-order valence-corrected chi connectivity index (χ2v) is 5.57. The number of hydrogen-bond acceptors (Lipinski definition) is 3.